The van der Waals surface area contributed by atoms with Crippen LogP contribution in [0.3, 0.4) is 0 Å². The van der Waals surface area contributed by atoms with Gasteiger partial charge in [0.15, 0.2) is 0 Å². The third-order valence-corrected chi connectivity index (χ3v) is 3.75. The number of ketones is 1. The molecule has 0 spiro atoms. The highest BCUT2D eigenvalue weighted by atomic mass is 19.4. The second-order valence-electron chi connectivity index (χ2n) is 5.55. The maximum absolute atomic E-state index is 12.3. The Kier molecular flexibility index (Phi) is 4.94. The minimum absolute atomic E-state index is 0.111. The third kappa shape index (κ3) is 4.02. The zero-order chi connectivity index (χ0) is 18.7. The summed E-state index contributed by atoms with van der Waals surface area (Å²) in [6.07, 6.45) is -4.87. The molecule has 0 bridgehead atoms. The Balaban J connectivity index is 1.65. The normalized spacial score (nSPS) is 13.9. The van der Waals surface area contributed by atoms with Gasteiger partial charge in [-0.15, -0.1) is 13.2 Å². The van der Waals surface area contributed by atoms with E-state index in [0.717, 1.165) is 17.7 Å². The molecule has 3 rings (SSSR count). The fraction of sp³-hybridized carbons (Fsp3) is 0.222. The first kappa shape index (κ1) is 17.9. The lowest BCUT2D eigenvalue weighted by atomic mass is 10.1. The molecule has 0 N–H and O–H groups in total. The lowest BCUT2D eigenvalue weighted by Crippen LogP contribution is -2.32. The van der Waals surface area contributed by atoms with Crippen LogP contribution in [0.15, 0.2) is 48.5 Å². The first-order valence-electron chi connectivity index (χ1n) is 7.73. The number of nitrogens with zero attached hydrogens (tertiary/aromatic N) is 1. The maximum Gasteiger partial charge on any atom is 0.573 e. The molecule has 0 radical (unpaired) electrons. The van der Waals surface area contributed by atoms with Crippen molar-refractivity contribution in [2.24, 2.45) is 0 Å². The molecule has 5 nitrogen and oxygen atoms in total. The molecule has 1 aliphatic rings. The Morgan fingerprint density at radius 2 is 1.73 bits per heavy atom. The van der Waals surface area contributed by atoms with Crippen LogP contribution in [0.2, 0.25) is 0 Å². The molecule has 0 fully saturated rings. The Hall–Kier alpha value is -2.87. The molecule has 1 heterocycles. The number of ether oxygens (including phenoxy) is 2. The molecule has 2 aromatic rings. The molecule has 136 valence electrons. The highest BCUT2D eigenvalue weighted by Gasteiger charge is 2.37. The van der Waals surface area contributed by atoms with Crippen LogP contribution in [0.1, 0.15) is 15.9 Å². The Morgan fingerprint density at radius 1 is 1.00 bits per heavy atom. The van der Waals surface area contributed by atoms with Crippen LogP contribution in [-0.2, 0) is 16.1 Å². The van der Waals surface area contributed by atoms with Crippen LogP contribution in [0.4, 0.5) is 18.9 Å². The van der Waals surface area contributed by atoms with E-state index < -0.39 is 23.8 Å². The number of Topliss-reactive ketones (excluding diaryl/α,β-unsaturated/α-hetero) is 1. The van der Waals surface area contributed by atoms with Crippen molar-refractivity contribution in [3.05, 3.63) is 59.7 Å². The molecule has 0 aliphatic carbocycles. The molecular weight excluding hydrogens is 351 g/mol. The number of hydrogen-bond acceptors (Lipinski definition) is 4. The van der Waals surface area contributed by atoms with Crippen molar-refractivity contribution in [2.75, 3.05) is 18.1 Å². The monoisotopic (exact) mass is 365 g/mol. The summed E-state index contributed by atoms with van der Waals surface area (Å²) in [5.74, 6) is -2.21. The van der Waals surface area contributed by atoms with Gasteiger partial charge < -0.3 is 14.4 Å². The average Bonchev–Trinajstić information content (AvgIpc) is 2.82. The SMILES string of the molecule is O=C1C(=O)N(CCOCc2ccccc2)c2ccc(OC(F)(F)F)cc21. The molecule has 0 saturated heterocycles. The fourth-order valence-electron chi connectivity index (χ4n) is 2.62. The minimum atomic E-state index is -4.87. The summed E-state index contributed by atoms with van der Waals surface area (Å²) in [4.78, 5) is 25.3. The maximum atomic E-state index is 12.3. The fourth-order valence-corrected chi connectivity index (χ4v) is 2.62. The van der Waals surface area contributed by atoms with E-state index in [0.29, 0.717) is 6.61 Å². The Morgan fingerprint density at radius 3 is 2.42 bits per heavy atom. The second-order valence-corrected chi connectivity index (χ2v) is 5.55. The number of rotatable bonds is 6. The Bertz CT molecular complexity index is 821. The van der Waals surface area contributed by atoms with Crippen LogP contribution in [0.25, 0.3) is 0 Å². The van der Waals surface area contributed by atoms with Gasteiger partial charge in [-0.1, -0.05) is 30.3 Å². The van der Waals surface area contributed by atoms with Gasteiger partial charge in [-0.2, -0.15) is 0 Å². The number of anilines is 1. The van der Waals surface area contributed by atoms with Gasteiger partial charge in [-0.25, -0.2) is 0 Å². The van der Waals surface area contributed by atoms with Crippen molar-refractivity contribution < 1.29 is 32.2 Å². The molecule has 8 heteroatoms. The van der Waals surface area contributed by atoms with Crippen molar-refractivity contribution in [1.29, 1.82) is 0 Å². The van der Waals surface area contributed by atoms with E-state index in [2.05, 4.69) is 4.74 Å². The number of alkyl halides is 3. The number of halogens is 3. The van der Waals surface area contributed by atoms with Gasteiger partial charge >= 0.3 is 6.36 Å². The van der Waals surface area contributed by atoms with Crippen LogP contribution in [0, 0.1) is 0 Å². The zero-order valence-electron chi connectivity index (χ0n) is 13.5. The van der Waals surface area contributed by atoms with E-state index in [1.807, 2.05) is 30.3 Å². The van der Waals surface area contributed by atoms with E-state index in [1.54, 1.807) is 0 Å². The number of carbonyl (C=O) groups is 2. The predicted octanol–water partition coefficient (Wildman–Crippen LogP) is 3.33. The highest BCUT2D eigenvalue weighted by Crippen LogP contribution is 2.33. The molecule has 0 aromatic heterocycles. The highest BCUT2D eigenvalue weighted by molar-refractivity contribution is 6.52. The Labute approximate surface area is 146 Å². The van der Waals surface area contributed by atoms with Crippen LogP contribution >= 0.6 is 0 Å². The summed E-state index contributed by atoms with van der Waals surface area (Å²) < 4.78 is 46.1. The zero-order valence-corrected chi connectivity index (χ0v) is 13.5. The second kappa shape index (κ2) is 7.17. The van der Waals surface area contributed by atoms with Gasteiger partial charge in [-0.3, -0.25) is 9.59 Å². The molecule has 0 saturated carbocycles. The van der Waals surface area contributed by atoms with E-state index in [1.165, 1.54) is 11.0 Å². The topological polar surface area (TPSA) is 55.8 Å². The van der Waals surface area contributed by atoms with Crippen molar-refractivity contribution in [3.8, 4) is 5.75 Å². The lowest BCUT2D eigenvalue weighted by molar-refractivity contribution is -0.274. The number of carbonyl (C=O) groups excluding carboxylic acids is 2. The number of hydrogen-bond donors (Lipinski definition) is 0. The van der Waals surface area contributed by atoms with E-state index in [9.17, 15) is 22.8 Å². The number of fused-ring (bicyclic) bond motifs is 1. The van der Waals surface area contributed by atoms with Crippen molar-refractivity contribution in [3.63, 3.8) is 0 Å². The summed E-state index contributed by atoms with van der Waals surface area (Å²) in [7, 11) is 0. The van der Waals surface area contributed by atoms with Crippen LogP contribution < -0.4 is 9.64 Å². The van der Waals surface area contributed by atoms with E-state index >= 15 is 0 Å². The number of benzene rings is 2. The molecule has 2 aromatic carbocycles. The first-order valence-corrected chi connectivity index (χ1v) is 7.73. The quantitative estimate of drug-likeness (QED) is 0.582. The third-order valence-electron chi connectivity index (χ3n) is 3.75. The molecule has 0 unspecified atom stereocenters. The van der Waals surface area contributed by atoms with E-state index in [-0.39, 0.29) is 24.4 Å². The molecule has 26 heavy (non-hydrogen) atoms. The smallest absolute Gasteiger partial charge is 0.406 e. The standard InChI is InChI=1S/C18H14F3NO4/c19-18(20,21)26-13-6-7-15-14(10-13)16(23)17(24)22(15)8-9-25-11-12-4-2-1-3-5-12/h1-7,10H,8-9,11H2. The van der Waals surface area contributed by atoms with Gasteiger partial charge in [0.1, 0.15) is 5.75 Å². The van der Waals surface area contributed by atoms with Crippen LogP contribution in [0.5, 0.6) is 5.75 Å². The lowest BCUT2D eigenvalue weighted by Gasteiger charge is -2.17. The molecule has 1 amide bonds. The van der Waals surface area contributed by atoms with Gasteiger partial charge in [0.2, 0.25) is 0 Å². The molecular formula is C18H14F3NO4. The molecule has 0 atom stereocenters. The van der Waals surface area contributed by atoms with Gasteiger partial charge in [0, 0.05) is 6.54 Å². The van der Waals surface area contributed by atoms with Crippen molar-refractivity contribution in [2.45, 2.75) is 13.0 Å². The summed E-state index contributed by atoms with van der Waals surface area (Å²) in [6.45, 7) is 0.639. The minimum Gasteiger partial charge on any atom is -0.406 e. The number of amides is 1. The van der Waals surface area contributed by atoms with Gasteiger partial charge in [0.05, 0.1) is 24.5 Å². The van der Waals surface area contributed by atoms with Crippen molar-refractivity contribution in [1.82, 2.24) is 0 Å². The first-order chi connectivity index (χ1) is 12.3. The predicted molar refractivity (Wildman–Crippen MR) is 85.9 cm³/mol. The summed E-state index contributed by atoms with van der Waals surface area (Å²) in [5, 5.41) is 0. The van der Waals surface area contributed by atoms with E-state index in [4.69, 9.17) is 4.74 Å². The summed E-state index contributed by atoms with van der Waals surface area (Å²) in [6, 6.07) is 12.7. The average molecular weight is 365 g/mol. The largest absolute Gasteiger partial charge is 0.573 e. The molecule has 1 aliphatic heterocycles. The van der Waals surface area contributed by atoms with Crippen LogP contribution in [-0.4, -0.2) is 31.2 Å². The summed E-state index contributed by atoms with van der Waals surface area (Å²) in [5.41, 5.74) is 1.10. The van der Waals surface area contributed by atoms with Crippen molar-refractivity contribution >= 4 is 17.4 Å². The summed E-state index contributed by atoms with van der Waals surface area (Å²) >= 11 is 0. The van der Waals surface area contributed by atoms with Gasteiger partial charge in [0.25, 0.3) is 11.7 Å². The van der Waals surface area contributed by atoms with Gasteiger partial charge in [-0.05, 0) is 23.8 Å².